The van der Waals surface area contributed by atoms with E-state index in [1.54, 1.807) is 0 Å². The lowest BCUT2D eigenvalue weighted by atomic mass is 10.2. The number of hydrogen-bond donors (Lipinski definition) is 1. The van der Waals surface area contributed by atoms with Crippen molar-refractivity contribution in [2.24, 2.45) is 0 Å². The Hall–Kier alpha value is -1.56. The third kappa shape index (κ3) is 3.11. The van der Waals surface area contributed by atoms with Gasteiger partial charge in [-0.3, -0.25) is 0 Å². The molecule has 22 heavy (non-hydrogen) atoms. The Kier molecular flexibility index (Phi) is 4.97. The van der Waals surface area contributed by atoms with Gasteiger partial charge in [0.05, 0.1) is 19.8 Å². The van der Waals surface area contributed by atoms with Gasteiger partial charge in [0.1, 0.15) is 10.5 Å². The predicted molar refractivity (Wildman–Crippen MR) is 88.4 cm³/mol. The van der Waals surface area contributed by atoms with Crippen LogP contribution < -0.4 is 0 Å². The van der Waals surface area contributed by atoms with Crippen molar-refractivity contribution in [3.05, 3.63) is 46.2 Å². The first kappa shape index (κ1) is 15.3. The Bertz CT molecular complexity index is 698. The van der Waals surface area contributed by atoms with Crippen LogP contribution in [-0.4, -0.2) is 34.5 Å². The fraction of sp³-hybridized carbons (Fsp3) is 0.412. The minimum Gasteiger partial charge on any atom is -0.394 e. The van der Waals surface area contributed by atoms with Gasteiger partial charge in [-0.05, 0) is 19.3 Å². The smallest absolute Gasteiger partial charge is 0.141 e. The number of aliphatic hydroxyl groups excluding tert-OH is 1. The minimum atomic E-state index is 0.0532. The SMILES string of the molecule is OCCOCCn1c(-c2ccccc2)nc(=S)c2c1CCC2. The van der Waals surface area contributed by atoms with E-state index in [0.717, 1.165) is 41.8 Å². The highest BCUT2D eigenvalue weighted by molar-refractivity contribution is 7.71. The average Bonchev–Trinajstić information content (AvgIpc) is 3.04. The lowest BCUT2D eigenvalue weighted by molar-refractivity contribution is 0.0867. The summed E-state index contributed by atoms with van der Waals surface area (Å²) in [5.41, 5.74) is 3.59. The molecule has 1 aromatic heterocycles. The van der Waals surface area contributed by atoms with Crippen molar-refractivity contribution in [3.8, 4) is 11.4 Å². The van der Waals surface area contributed by atoms with Crippen LogP contribution in [0.15, 0.2) is 30.3 Å². The highest BCUT2D eigenvalue weighted by Gasteiger charge is 2.20. The van der Waals surface area contributed by atoms with E-state index in [0.29, 0.717) is 13.2 Å². The van der Waals surface area contributed by atoms with Gasteiger partial charge in [-0.2, -0.15) is 0 Å². The number of ether oxygens (including phenoxy) is 1. The number of benzene rings is 1. The minimum absolute atomic E-state index is 0.0532. The molecule has 4 nitrogen and oxygen atoms in total. The molecule has 0 bridgehead atoms. The van der Waals surface area contributed by atoms with Crippen molar-refractivity contribution < 1.29 is 9.84 Å². The molecule has 1 aliphatic rings. The van der Waals surface area contributed by atoms with E-state index >= 15 is 0 Å². The van der Waals surface area contributed by atoms with E-state index < -0.39 is 0 Å². The number of aliphatic hydroxyl groups is 1. The van der Waals surface area contributed by atoms with E-state index in [2.05, 4.69) is 21.7 Å². The molecule has 0 unspecified atom stereocenters. The summed E-state index contributed by atoms with van der Waals surface area (Å²) in [7, 11) is 0. The molecular weight excluding hydrogens is 296 g/mol. The van der Waals surface area contributed by atoms with Crippen molar-refractivity contribution in [1.82, 2.24) is 9.55 Å². The molecule has 0 aliphatic heterocycles. The molecule has 2 aromatic rings. The molecular formula is C17H20N2O2S. The maximum atomic E-state index is 8.83. The molecule has 0 amide bonds. The number of fused-ring (bicyclic) bond motifs is 1. The molecule has 0 saturated carbocycles. The molecule has 0 atom stereocenters. The third-order valence-corrected chi connectivity index (χ3v) is 4.30. The topological polar surface area (TPSA) is 47.3 Å². The summed E-state index contributed by atoms with van der Waals surface area (Å²) in [6.45, 7) is 1.72. The van der Waals surface area contributed by atoms with E-state index in [9.17, 15) is 0 Å². The summed E-state index contributed by atoms with van der Waals surface area (Å²) in [6, 6.07) is 10.1. The van der Waals surface area contributed by atoms with Crippen LogP contribution in [0.4, 0.5) is 0 Å². The zero-order valence-electron chi connectivity index (χ0n) is 12.5. The maximum absolute atomic E-state index is 8.83. The maximum Gasteiger partial charge on any atom is 0.141 e. The molecule has 1 heterocycles. The van der Waals surface area contributed by atoms with Gasteiger partial charge in [0.15, 0.2) is 0 Å². The zero-order chi connectivity index (χ0) is 15.4. The molecule has 0 saturated heterocycles. The van der Waals surface area contributed by atoms with Gasteiger partial charge in [-0.25, -0.2) is 4.98 Å². The van der Waals surface area contributed by atoms with Gasteiger partial charge in [0.2, 0.25) is 0 Å². The quantitative estimate of drug-likeness (QED) is 0.657. The molecule has 116 valence electrons. The lowest BCUT2D eigenvalue weighted by Crippen LogP contribution is -2.16. The highest BCUT2D eigenvalue weighted by atomic mass is 32.1. The second-order valence-electron chi connectivity index (χ2n) is 5.37. The molecule has 5 heteroatoms. The Labute approximate surface area is 135 Å². The van der Waals surface area contributed by atoms with Crippen LogP contribution >= 0.6 is 12.2 Å². The zero-order valence-corrected chi connectivity index (χ0v) is 13.3. The van der Waals surface area contributed by atoms with Gasteiger partial charge in [-0.1, -0.05) is 42.5 Å². The van der Waals surface area contributed by atoms with Crippen molar-refractivity contribution in [2.45, 2.75) is 25.8 Å². The predicted octanol–water partition coefficient (Wildman–Crippen LogP) is 2.78. The van der Waals surface area contributed by atoms with Gasteiger partial charge in [0, 0.05) is 23.4 Å². The largest absolute Gasteiger partial charge is 0.394 e. The third-order valence-electron chi connectivity index (χ3n) is 3.96. The van der Waals surface area contributed by atoms with Crippen LogP contribution in [0, 0.1) is 4.64 Å². The van der Waals surface area contributed by atoms with Gasteiger partial charge >= 0.3 is 0 Å². The molecule has 0 spiro atoms. The number of nitrogens with zero attached hydrogens (tertiary/aromatic N) is 2. The first-order valence-corrected chi connectivity index (χ1v) is 8.08. The van der Waals surface area contributed by atoms with Crippen molar-refractivity contribution in [2.75, 3.05) is 19.8 Å². The average molecular weight is 316 g/mol. The summed E-state index contributed by atoms with van der Waals surface area (Å²) in [6.07, 6.45) is 3.20. The monoisotopic (exact) mass is 316 g/mol. The van der Waals surface area contributed by atoms with E-state index in [-0.39, 0.29) is 6.61 Å². The van der Waals surface area contributed by atoms with Crippen LogP contribution in [-0.2, 0) is 24.1 Å². The summed E-state index contributed by atoms with van der Waals surface area (Å²) in [5, 5.41) is 8.83. The second-order valence-corrected chi connectivity index (χ2v) is 5.76. The Morgan fingerprint density at radius 2 is 2.00 bits per heavy atom. The number of rotatable bonds is 6. The molecule has 1 aliphatic carbocycles. The summed E-state index contributed by atoms with van der Waals surface area (Å²) in [4.78, 5) is 4.69. The first-order chi connectivity index (χ1) is 10.8. The fourth-order valence-electron chi connectivity index (χ4n) is 2.98. The van der Waals surface area contributed by atoms with Crippen molar-refractivity contribution >= 4 is 12.2 Å². The number of aromatic nitrogens is 2. The molecule has 0 radical (unpaired) electrons. The summed E-state index contributed by atoms with van der Waals surface area (Å²) < 4.78 is 8.42. The van der Waals surface area contributed by atoms with Gasteiger partial charge < -0.3 is 14.4 Å². The van der Waals surface area contributed by atoms with Crippen LogP contribution in [0.1, 0.15) is 17.7 Å². The van der Waals surface area contributed by atoms with Crippen LogP contribution in [0.2, 0.25) is 0 Å². The Morgan fingerprint density at radius 1 is 1.18 bits per heavy atom. The normalized spacial score (nSPS) is 13.3. The standard InChI is InChI=1S/C17H20N2O2S/c20-10-12-21-11-9-19-15-8-4-7-14(15)17(22)18-16(19)13-5-2-1-3-6-13/h1-3,5-6,20H,4,7-12H2. The molecule has 1 N–H and O–H groups in total. The van der Waals surface area contributed by atoms with Crippen LogP contribution in [0.3, 0.4) is 0 Å². The van der Waals surface area contributed by atoms with Crippen molar-refractivity contribution in [3.63, 3.8) is 0 Å². The first-order valence-electron chi connectivity index (χ1n) is 7.68. The fourth-order valence-corrected chi connectivity index (χ4v) is 3.29. The number of hydrogen-bond acceptors (Lipinski definition) is 4. The van der Waals surface area contributed by atoms with Crippen LogP contribution in [0.25, 0.3) is 11.4 Å². The lowest BCUT2D eigenvalue weighted by Gasteiger charge is -2.18. The van der Waals surface area contributed by atoms with Crippen molar-refractivity contribution in [1.29, 1.82) is 0 Å². The molecule has 0 fully saturated rings. The van der Waals surface area contributed by atoms with Gasteiger partial charge in [0.25, 0.3) is 0 Å². The molecule has 3 rings (SSSR count). The van der Waals surface area contributed by atoms with E-state index in [4.69, 9.17) is 22.1 Å². The molecule has 1 aromatic carbocycles. The van der Waals surface area contributed by atoms with E-state index in [1.807, 2.05) is 18.2 Å². The Morgan fingerprint density at radius 3 is 2.77 bits per heavy atom. The second kappa shape index (κ2) is 7.13. The summed E-state index contributed by atoms with van der Waals surface area (Å²) >= 11 is 5.49. The summed E-state index contributed by atoms with van der Waals surface area (Å²) in [5.74, 6) is 0.916. The highest BCUT2D eigenvalue weighted by Crippen LogP contribution is 2.27. The Balaban J connectivity index is 2.01. The van der Waals surface area contributed by atoms with E-state index in [1.165, 1.54) is 11.3 Å². The van der Waals surface area contributed by atoms with Crippen LogP contribution in [0.5, 0.6) is 0 Å². The van der Waals surface area contributed by atoms with Gasteiger partial charge in [-0.15, -0.1) is 0 Å².